The van der Waals surface area contributed by atoms with E-state index in [9.17, 15) is 19.5 Å². The van der Waals surface area contributed by atoms with E-state index in [1.807, 2.05) is 18.2 Å². The molecule has 1 aliphatic rings. The number of nitrogens with one attached hydrogen (secondary N) is 1. The summed E-state index contributed by atoms with van der Waals surface area (Å²) >= 11 is 0. The Morgan fingerprint density at radius 1 is 1.15 bits per heavy atom. The molecule has 0 atom stereocenters. The van der Waals surface area contributed by atoms with Crippen LogP contribution in [0.25, 0.3) is 0 Å². The van der Waals surface area contributed by atoms with Crippen LogP contribution in [0.2, 0.25) is 0 Å². The molecule has 1 heterocycles. The average Bonchev–Trinajstić information content (AvgIpc) is 2.60. The van der Waals surface area contributed by atoms with E-state index in [4.69, 9.17) is 9.47 Å². The molecule has 148 valence electrons. The predicted molar refractivity (Wildman–Crippen MR) is 97.2 cm³/mol. The highest BCUT2D eigenvalue weighted by Gasteiger charge is 2.44. The number of hydrogen-bond donors (Lipinski definition) is 2. The number of carboxylic acid groups (broad SMARTS) is 1. The Labute approximate surface area is 158 Å². The van der Waals surface area contributed by atoms with E-state index >= 15 is 0 Å². The van der Waals surface area contributed by atoms with Crippen LogP contribution in [0.3, 0.4) is 0 Å². The number of ether oxygens (including phenoxy) is 2. The normalized spacial score (nSPS) is 16.3. The smallest absolute Gasteiger partial charge is 0.410 e. The number of amides is 2. The molecule has 0 aromatic heterocycles. The van der Waals surface area contributed by atoms with Crippen molar-refractivity contribution in [3.05, 3.63) is 35.9 Å². The second-order valence-corrected chi connectivity index (χ2v) is 7.54. The molecule has 2 N–H and O–H groups in total. The SMILES string of the molecule is CC(C)(C)OC(=O)N1CCC(NC(=O)OCc2ccccc2)(C(=O)O)CC1. The Bertz CT molecular complexity index is 675. The number of nitrogens with zero attached hydrogens (tertiary/aromatic N) is 1. The highest BCUT2D eigenvalue weighted by Crippen LogP contribution is 2.24. The zero-order valence-electron chi connectivity index (χ0n) is 15.9. The van der Waals surface area contributed by atoms with Crippen molar-refractivity contribution in [1.29, 1.82) is 0 Å². The molecule has 2 amide bonds. The van der Waals surface area contributed by atoms with Gasteiger partial charge >= 0.3 is 18.2 Å². The van der Waals surface area contributed by atoms with E-state index in [-0.39, 0.29) is 32.5 Å². The molecule has 1 aliphatic heterocycles. The van der Waals surface area contributed by atoms with Gasteiger partial charge < -0.3 is 24.8 Å². The molecule has 0 unspecified atom stereocenters. The molecule has 0 bridgehead atoms. The average molecular weight is 378 g/mol. The fraction of sp³-hybridized carbons (Fsp3) is 0.526. The number of likely N-dealkylation sites (tertiary alicyclic amines) is 1. The van der Waals surface area contributed by atoms with Gasteiger partial charge in [0.15, 0.2) is 0 Å². The minimum absolute atomic E-state index is 0.0480. The van der Waals surface area contributed by atoms with Crippen LogP contribution in [0.5, 0.6) is 0 Å². The van der Waals surface area contributed by atoms with Gasteiger partial charge in [0.1, 0.15) is 17.7 Å². The van der Waals surface area contributed by atoms with Gasteiger partial charge in [0.2, 0.25) is 0 Å². The first-order valence-electron chi connectivity index (χ1n) is 8.81. The number of alkyl carbamates (subject to hydrolysis) is 1. The number of rotatable bonds is 4. The van der Waals surface area contributed by atoms with Crippen molar-refractivity contribution in [3.8, 4) is 0 Å². The lowest BCUT2D eigenvalue weighted by Crippen LogP contribution is -2.61. The third-order valence-electron chi connectivity index (χ3n) is 4.23. The molecule has 8 nitrogen and oxygen atoms in total. The van der Waals surface area contributed by atoms with Crippen LogP contribution in [-0.4, -0.2) is 52.4 Å². The number of piperidine rings is 1. The van der Waals surface area contributed by atoms with Crippen molar-refractivity contribution >= 4 is 18.2 Å². The van der Waals surface area contributed by atoms with Crippen molar-refractivity contribution < 1.29 is 29.0 Å². The van der Waals surface area contributed by atoms with Crippen LogP contribution < -0.4 is 5.32 Å². The van der Waals surface area contributed by atoms with Gasteiger partial charge in [0.05, 0.1) is 0 Å². The molecule has 27 heavy (non-hydrogen) atoms. The summed E-state index contributed by atoms with van der Waals surface area (Å²) in [6.07, 6.45) is -1.15. The van der Waals surface area contributed by atoms with Crippen molar-refractivity contribution in [1.82, 2.24) is 10.2 Å². The third-order valence-corrected chi connectivity index (χ3v) is 4.23. The zero-order chi connectivity index (χ0) is 20.1. The zero-order valence-corrected chi connectivity index (χ0v) is 15.9. The van der Waals surface area contributed by atoms with Crippen LogP contribution in [0.15, 0.2) is 30.3 Å². The molecule has 0 radical (unpaired) electrons. The van der Waals surface area contributed by atoms with E-state index in [0.29, 0.717) is 0 Å². The number of carboxylic acids is 1. The summed E-state index contributed by atoms with van der Waals surface area (Å²) in [5.41, 5.74) is -1.29. The van der Waals surface area contributed by atoms with Crippen molar-refractivity contribution in [2.75, 3.05) is 13.1 Å². The maximum absolute atomic E-state index is 12.1. The molecule has 1 aromatic rings. The fourth-order valence-corrected chi connectivity index (χ4v) is 2.74. The number of benzene rings is 1. The lowest BCUT2D eigenvalue weighted by atomic mass is 9.88. The molecule has 1 fully saturated rings. The van der Waals surface area contributed by atoms with Gasteiger partial charge in [-0.25, -0.2) is 14.4 Å². The minimum Gasteiger partial charge on any atom is -0.480 e. The molecule has 0 spiro atoms. The van der Waals surface area contributed by atoms with E-state index < -0.39 is 29.3 Å². The first-order valence-corrected chi connectivity index (χ1v) is 8.81. The van der Waals surface area contributed by atoms with E-state index in [0.717, 1.165) is 5.56 Å². The van der Waals surface area contributed by atoms with Gasteiger partial charge in [-0.15, -0.1) is 0 Å². The summed E-state index contributed by atoms with van der Waals surface area (Å²) in [7, 11) is 0. The van der Waals surface area contributed by atoms with Crippen LogP contribution in [0.1, 0.15) is 39.2 Å². The predicted octanol–water partition coefficient (Wildman–Crippen LogP) is 2.77. The van der Waals surface area contributed by atoms with Gasteiger partial charge in [-0.1, -0.05) is 30.3 Å². The number of hydrogen-bond acceptors (Lipinski definition) is 5. The summed E-state index contributed by atoms with van der Waals surface area (Å²) in [4.78, 5) is 37.5. The maximum Gasteiger partial charge on any atom is 0.410 e. The highest BCUT2D eigenvalue weighted by molar-refractivity contribution is 5.85. The summed E-state index contributed by atoms with van der Waals surface area (Å²) in [5, 5.41) is 12.1. The monoisotopic (exact) mass is 378 g/mol. The topological polar surface area (TPSA) is 105 Å². The molecule has 1 saturated heterocycles. The quantitative estimate of drug-likeness (QED) is 0.835. The largest absolute Gasteiger partial charge is 0.480 e. The molecular formula is C19H26N2O6. The van der Waals surface area contributed by atoms with Gasteiger partial charge in [-0.05, 0) is 39.2 Å². The second kappa shape index (κ2) is 8.28. The summed E-state index contributed by atoms with van der Waals surface area (Å²) in [6, 6.07) is 9.10. The molecule has 2 rings (SSSR count). The van der Waals surface area contributed by atoms with Crippen LogP contribution >= 0.6 is 0 Å². The Morgan fingerprint density at radius 2 is 1.74 bits per heavy atom. The van der Waals surface area contributed by atoms with Gasteiger partial charge in [0.25, 0.3) is 0 Å². The van der Waals surface area contributed by atoms with Crippen molar-refractivity contribution in [3.63, 3.8) is 0 Å². The van der Waals surface area contributed by atoms with Crippen LogP contribution in [0.4, 0.5) is 9.59 Å². The minimum atomic E-state index is -1.47. The van der Waals surface area contributed by atoms with Crippen molar-refractivity contribution in [2.24, 2.45) is 0 Å². The van der Waals surface area contributed by atoms with E-state index in [2.05, 4.69) is 5.32 Å². The molecule has 0 saturated carbocycles. The van der Waals surface area contributed by atoms with Gasteiger partial charge in [-0.3, -0.25) is 0 Å². The summed E-state index contributed by atoms with van der Waals surface area (Å²) < 4.78 is 10.4. The summed E-state index contributed by atoms with van der Waals surface area (Å²) in [6.45, 7) is 5.68. The first kappa shape index (κ1) is 20.5. The molecule has 0 aliphatic carbocycles. The van der Waals surface area contributed by atoms with E-state index in [1.165, 1.54) is 4.90 Å². The number of carbonyl (C=O) groups excluding carboxylic acids is 2. The Kier molecular flexibility index (Phi) is 6.30. The molecular weight excluding hydrogens is 352 g/mol. The van der Waals surface area contributed by atoms with Crippen molar-refractivity contribution in [2.45, 2.75) is 51.4 Å². The lowest BCUT2D eigenvalue weighted by molar-refractivity contribution is -0.146. The Balaban J connectivity index is 1.92. The second-order valence-electron chi connectivity index (χ2n) is 7.54. The van der Waals surface area contributed by atoms with Gasteiger partial charge in [0, 0.05) is 13.1 Å². The number of carbonyl (C=O) groups is 3. The molecule has 8 heteroatoms. The summed E-state index contributed by atoms with van der Waals surface area (Å²) in [5.74, 6) is -1.15. The van der Waals surface area contributed by atoms with Crippen LogP contribution in [0, 0.1) is 0 Å². The standard InChI is InChI=1S/C19H26N2O6/c1-18(2,3)27-17(25)21-11-9-19(10-12-21,15(22)23)20-16(24)26-13-14-7-5-4-6-8-14/h4-8H,9-13H2,1-3H3,(H,20,24)(H,22,23). The fourth-order valence-electron chi connectivity index (χ4n) is 2.74. The Hall–Kier alpha value is -2.77. The third kappa shape index (κ3) is 5.87. The maximum atomic E-state index is 12.1. The molecule has 1 aromatic carbocycles. The van der Waals surface area contributed by atoms with Gasteiger partial charge in [-0.2, -0.15) is 0 Å². The van der Waals surface area contributed by atoms with E-state index in [1.54, 1.807) is 32.9 Å². The Morgan fingerprint density at radius 3 is 2.26 bits per heavy atom. The highest BCUT2D eigenvalue weighted by atomic mass is 16.6. The lowest BCUT2D eigenvalue weighted by Gasteiger charge is -2.39. The van der Waals surface area contributed by atoms with Crippen LogP contribution in [-0.2, 0) is 20.9 Å². The first-order chi connectivity index (χ1) is 12.6. The number of aliphatic carboxylic acids is 1.